The standard InChI is InChI=1S/C16H21F3O5/c1-9(2)13(20)23-14(10(3)4)24-15(21)22-12-7-5-6-11(8-12)16(17,18)19/h7-10,14H,5-6H2,1-4H3/t14-/m0/s1. The topological polar surface area (TPSA) is 61.8 Å². The molecule has 0 saturated heterocycles. The van der Waals surface area contributed by atoms with Gasteiger partial charge in [-0.3, -0.25) is 4.79 Å². The highest BCUT2D eigenvalue weighted by molar-refractivity contribution is 5.72. The number of esters is 1. The molecule has 0 aromatic carbocycles. The summed E-state index contributed by atoms with van der Waals surface area (Å²) in [5.41, 5.74) is -0.778. The largest absolute Gasteiger partial charge is 0.516 e. The first kappa shape index (κ1) is 20.1. The van der Waals surface area contributed by atoms with Gasteiger partial charge in [-0.1, -0.05) is 27.7 Å². The average Bonchev–Trinajstić information content (AvgIpc) is 2.45. The molecule has 0 aliphatic heterocycles. The van der Waals surface area contributed by atoms with Crippen molar-refractivity contribution in [3.05, 3.63) is 23.5 Å². The minimum Gasteiger partial charge on any atom is -0.425 e. The van der Waals surface area contributed by atoms with Gasteiger partial charge in [0.1, 0.15) is 5.76 Å². The molecule has 0 aromatic heterocycles. The van der Waals surface area contributed by atoms with Crippen molar-refractivity contribution in [3.8, 4) is 0 Å². The van der Waals surface area contributed by atoms with Gasteiger partial charge >= 0.3 is 18.3 Å². The fraction of sp³-hybridized carbons (Fsp3) is 0.625. The number of carbonyl (C=O) groups excluding carboxylic acids is 2. The Bertz CT molecular complexity index is 532. The van der Waals surface area contributed by atoms with Crippen molar-refractivity contribution in [1.82, 2.24) is 0 Å². The molecule has 24 heavy (non-hydrogen) atoms. The Labute approximate surface area is 138 Å². The summed E-state index contributed by atoms with van der Waals surface area (Å²) in [6, 6.07) is 0. The van der Waals surface area contributed by atoms with Gasteiger partial charge in [-0.05, 0) is 25.0 Å². The van der Waals surface area contributed by atoms with Crippen molar-refractivity contribution < 1.29 is 37.0 Å². The van der Waals surface area contributed by atoms with Crippen LogP contribution in [0.2, 0.25) is 0 Å². The van der Waals surface area contributed by atoms with E-state index in [2.05, 4.69) is 0 Å². The summed E-state index contributed by atoms with van der Waals surface area (Å²) in [7, 11) is 0. The molecule has 1 aliphatic rings. The van der Waals surface area contributed by atoms with Crippen LogP contribution in [0.5, 0.6) is 0 Å². The molecule has 0 radical (unpaired) electrons. The van der Waals surface area contributed by atoms with Gasteiger partial charge in [-0.2, -0.15) is 13.2 Å². The molecule has 0 unspecified atom stereocenters. The molecule has 0 spiro atoms. The smallest absolute Gasteiger partial charge is 0.425 e. The third-order valence-electron chi connectivity index (χ3n) is 3.10. The van der Waals surface area contributed by atoms with Gasteiger partial charge in [0.15, 0.2) is 0 Å². The first-order chi connectivity index (χ1) is 11.0. The fourth-order valence-corrected chi connectivity index (χ4v) is 1.73. The van der Waals surface area contributed by atoms with Gasteiger partial charge in [0.05, 0.1) is 5.92 Å². The van der Waals surface area contributed by atoms with Gasteiger partial charge < -0.3 is 14.2 Å². The number of allylic oxidation sites excluding steroid dienone is 3. The number of hydrogen-bond donors (Lipinski definition) is 0. The minimum atomic E-state index is -4.47. The third-order valence-corrected chi connectivity index (χ3v) is 3.10. The highest BCUT2D eigenvalue weighted by atomic mass is 19.4. The molecular formula is C16H21F3O5. The van der Waals surface area contributed by atoms with Gasteiger partial charge in [0.2, 0.25) is 0 Å². The predicted molar refractivity (Wildman–Crippen MR) is 78.6 cm³/mol. The summed E-state index contributed by atoms with van der Waals surface area (Å²) in [5, 5.41) is 0. The third kappa shape index (κ3) is 6.25. The maximum Gasteiger partial charge on any atom is 0.516 e. The van der Waals surface area contributed by atoms with Crippen LogP contribution in [0.25, 0.3) is 0 Å². The zero-order chi connectivity index (χ0) is 18.5. The molecule has 0 N–H and O–H groups in total. The van der Waals surface area contributed by atoms with Gasteiger partial charge in [0.25, 0.3) is 6.29 Å². The second kappa shape index (κ2) is 8.21. The second-order valence-corrected chi connectivity index (χ2v) is 5.99. The zero-order valence-electron chi connectivity index (χ0n) is 14.0. The Morgan fingerprint density at radius 2 is 1.75 bits per heavy atom. The van der Waals surface area contributed by atoms with Crippen molar-refractivity contribution in [2.45, 2.75) is 53.0 Å². The first-order valence-electron chi connectivity index (χ1n) is 7.57. The molecule has 8 heteroatoms. The van der Waals surface area contributed by atoms with E-state index in [9.17, 15) is 22.8 Å². The van der Waals surface area contributed by atoms with E-state index in [1.54, 1.807) is 27.7 Å². The SMILES string of the molecule is CC(C)C(=O)O[C@@H](OC(=O)OC1=CCCC(C(F)(F)F)=C1)C(C)C. The summed E-state index contributed by atoms with van der Waals surface area (Å²) in [6.45, 7) is 6.56. The number of alkyl halides is 3. The molecule has 0 aromatic rings. The lowest BCUT2D eigenvalue weighted by atomic mass is 10.0. The highest BCUT2D eigenvalue weighted by Gasteiger charge is 2.34. The maximum atomic E-state index is 12.7. The van der Waals surface area contributed by atoms with Crippen LogP contribution in [0, 0.1) is 11.8 Å². The summed E-state index contributed by atoms with van der Waals surface area (Å²) in [4.78, 5) is 23.3. The Morgan fingerprint density at radius 3 is 2.25 bits per heavy atom. The van der Waals surface area contributed by atoms with Crippen LogP contribution in [0.1, 0.15) is 40.5 Å². The molecule has 136 valence electrons. The van der Waals surface area contributed by atoms with Crippen LogP contribution >= 0.6 is 0 Å². The summed E-state index contributed by atoms with van der Waals surface area (Å²) in [5.74, 6) is -1.56. The Kier molecular flexibility index (Phi) is 6.86. The minimum absolute atomic E-state index is 0.101. The number of rotatable bonds is 5. The van der Waals surface area contributed by atoms with Crippen LogP contribution in [-0.4, -0.2) is 24.6 Å². The van der Waals surface area contributed by atoms with E-state index in [4.69, 9.17) is 14.2 Å². The zero-order valence-corrected chi connectivity index (χ0v) is 14.0. The molecule has 0 fully saturated rings. The van der Waals surface area contributed by atoms with Crippen molar-refractivity contribution in [2.24, 2.45) is 11.8 Å². The van der Waals surface area contributed by atoms with E-state index in [0.29, 0.717) is 0 Å². The van der Waals surface area contributed by atoms with E-state index in [0.717, 1.165) is 6.08 Å². The predicted octanol–water partition coefficient (Wildman–Crippen LogP) is 4.49. The monoisotopic (exact) mass is 350 g/mol. The van der Waals surface area contributed by atoms with Gasteiger partial charge in [-0.25, -0.2) is 4.79 Å². The average molecular weight is 350 g/mol. The lowest BCUT2D eigenvalue weighted by Gasteiger charge is -2.22. The molecule has 1 aliphatic carbocycles. The van der Waals surface area contributed by atoms with Crippen molar-refractivity contribution in [1.29, 1.82) is 0 Å². The maximum absolute atomic E-state index is 12.7. The van der Waals surface area contributed by atoms with Crippen molar-refractivity contribution in [2.75, 3.05) is 0 Å². The van der Waals surface area contributed by atoms with E-state index >= 15 is 0 Å². The Balaban J connectivity index is 2.68. The molecule has 1 atom stereocenters. The molecule has 0 bridgehead atoms. The van der Waals surface area contributed by atoms with Gasteiger partial charge in [-0.15, -0.1) is 0 Å². The molecular weight excluding hydrogens is 329 g/mol. The number of ether oxygens (including phenoxy) is 3. The second-order valence-electron chi connectivity index (χ2n) is 5.99. The van der Waals surface area contributed by atoms with Crippen LogP contribution in [-0.2, 0) is 19.0 Å². The lowest BCUT2D eigenvalue weighted by molar-refractivity contribution is -0.181. The fourth-order valence-electron chi connectivity index (χ4n) is 1.73. The first-order valence-corrected chi connectivity index (χ1v) is 7.57. The van der Waals surface area contributed by atoms with Crippen LogP contribution in [0.3, 0.4) is 0 Å². The molecule has 1 rings (SSSR count). The van der Waals surface area contributed by atoms with E-state index in [1.165, 1.54) is 6.08 Å². The summed E-state index contributed by atoms with van der Waals surface area (Å²) in [6.07, 6.45) is -4.83. The van der Waals surface area contributed by atoms with Crippen LogP contribution < -0.4 is 0 Å². The quantitative estimate of drug-likeness (QED) is 0.540. The normalized spacial score (nSPS) is 16.4. The molecule has 0 amide bonds. The van der Waals surface area contributed by atoms with Crippen molar-refractivity contribution >= 4 is 12.1 Å². The number of carbonyl (C=O) groups is 2. The van der Waals surface area contributed by atoms with E-state index < -0.39 is 36.1 Å². The van der Waals surface area contributed by atoms with Crippen LogP contribution in [0.4, 0.5) is 18.0 Å². The number of halogens is 3. The highest BCUT2D eigenvalue weighted by Crippen LogP contribution is 2.33. The van der Waals surface area contributed by atoms with E-state index in [-0.39, 0.29) is 24.5 Å². The molecule has 0 heterocycles. The molecule has 5 nitrogen and oxygen atoms in total. The van der Waals surface area contributed by atoms with Crippen LogP contribution in [0.15, 0.2) is 23.5 Å². The summed E-state index contributed by atoms with van der Waals surface area (Å²) < 4.78 is 52.7. The van der Waals surface area contributed by atoms with Crippen molar-refractivity contribution in [3.63, 3.8) is 0 Å². The lowest BCUT2D eigenvalue weighted by Crippen LogP contribution is -2.31. The van der Waals surface area contributed by atoms with Gasteiger partial charge in [0, 0.05) is 11.5 Å². The Morgan fingerprint density at radius 1 is 1.12 bits per heavy atom. The molecule has 0 saturated carbocycles. The summed E-state index contributed by atoms with van der Waals surface area (Å²) >= 11 is 0. The Hall–Kier alpha value is -1.99. The number of hydrogen-bond acceptors (Lipinski definition) is 5. The van der Waals surface area contributed by atoms with E-state index in [1.807, 2.05) is 0 Å².